The van der Waals surface area contributed by atoms with Crippen molar-refractivity contribution < 1.29 is 4.74 Å². The van der Waals surface area contributed by atoms with E-state index in [1.54, 1.807) is 0 Å². The molecule has 1 aliphatic heterocycles. The lowest BCUT2D eigenvalue weighted by Gasteiger charge is -2.11. The molecule has 0 spiro atoms. The second-order valence-electron chi connectivity index (χ2n) is 3.93. The predicted molar refractivity (Wildman–Crippen MR) is 53.7 cm³/mol. The Labute approximate surface area is 79.7 Å². The highest BCUT2D eigenvalue weighted by molar-refractivity contribution is 5.24. The Bertz CT molecular complexity index is 293. The van der Waals surface area contributed by atoms with Crippen molar-refractivity contribution in [1.82, 2.24) is 0 Å². The zero-order valence-electron chi connectivity index (χ0n) is 8.29. The van der Waals surface area contributed by atoms with Crippen LogP contribution in [0.5, 0.6) is 0 Å². The van der Waals surface area contributed by atoms with E-state index in [4.69, 9.17) is 4.74 Å². The smallest absolute Gasteiger partial charge is 0.0829 e. The van der Waals surface area contributed by atoms with Crippen LogP contribution in [0.25, 0.3) is 0 Å². The number of aryl methyl sites for hydroxylation is 1. The van der Waals surface area contributed by atoms with Crippen LogP contribution in [0.4, 0.5) is 0 Å². The minimum absolute atomic E-state index is 0.342. The van der Waals surface area contributed by atoms with E-state index in [0.29, 0.717) is 12.2 Å². The molecule has 2 atom stereocenters. The Morgan fingerprint density at radius 2 is 2.15 bits per heavy atom. The van der Waals surface area contributed by atoms with Crippen LogP contribution in [0.15, 0.2) is 24.3 Å². The van der Waals surface area contributed by atoms with Gasteiger partial charge in [-0.1, -0.05) is 29.8 Å². The van der Waals surface area contributed by atoms with Crippen molar-refractivity contribution in [2.24, 2.45) is 0 Å². The summed E-state index contributed by atoms with van der Waals surface area (Å²) in [5.74, 6) is 0. The molecule has 0 aromatic heterocycles. The van der Waals surface area contributed by atoms with Gasteiger partial charge in [-0.15, -0.1) is 0 Å². The second-order valence-corrected chi connectivity index (χ2v) is 3.93. The van der Waals surface area contributed by atoms with Crippen molar-refractivity contribution in [1.29, 1.82) is 0 Å². The highest BCUT2D eigenvalue weighted by Crippen LogP contribution is 2.32. The molecule has 2 rings (SSSR count). The SMILES string of the molecule is Cc1cccc([C@@H]2CC[C@H](C)O2)c1. The minimum atomic E-state index is 0.342. The first-order valence-corrected chi connectivity index (χ1v) is 4.98. The van der Waals surface area contributed by atoms with Gasteiger partial charge in [0, 0.05) is 0 Å². The molecule has 0 bridgehead atoms. The highest BCUT2D eigenvalue weighted by Gasteiger charge is 2.22. The fourth-order valence-electron chi connectivity index (χ4n) is 1.92. The fraction of sp³-hybridized carbons (Fsp3) is 0.500. The summed E-state index contributed by atoms with van der Waals surface area (Å²) >= 11 is 0. The summed E-state index contributed by atoms with van der Waals surface area (Å²) in [6.07, 6.45) is 3.14. The zero-order chi connectivity index (χ0) is 9.26. The largest absolute Gasteiger partial charge is 0.371 e. The first kappa shape index (κ1) is 8.76. The molecule has 0 saturated carbocycles. The van der Waals surface area contributed by atoms with Gasteiger partial charge in [-0.25, -0.2) is 0 Å². The Morgan fingerprint density at radius 3 is 2.77 bits per heavy atom. The van der Waals surface area contributed by atoms with Gasteiger partial charge in [0.25, 0.3) is 0 Å². The molecule has 0 aliphatic carbocycles. The fourth-order valence-corrected chi connectivity index (χ4v) is 1.92. The van der Waals surface area contributed by atoms with Gasteiger partial charge >= 0.3 is 0 Å². The van der Waals surface area contributed by atoms with Crippen LogP contribution < -0.4 is 0 Å². The molecular weight excluding hydrogens is 160 g/mol. The van der Waals surface area contributed by atoms with E-state index in [-0.39, 0.29) is 0 Å². The maximum atomic E-state index is 5.80. The van der Waals surface area contributed by atoms with Crippen molar-refractivity contribution >= 4 is 0 Å². The number of rotatable bonds is 1. The van der Waals surface area contributed by atoms with E-state index >= 15 is 0 Å². The van der Waals surface area contributed by atoms with E-state index < -0.39 is 0 Å². The third kappa shape index (κ3) is 1.92. The van der Waals surface area contributed by atoms with E-state index in [9.17, 15) is 0 Å². The Hall–Kier alpha value is -0.820. The van der Waals surface area contributed by atoms with Crippen LogP contribution in [-0.2, 0) is 4.74 Å². The third-order valence-corrected chi connectivity index (χ3v) is 2.65. The molecule has 1 aliphatic rings. The number of ether oxygens (including phenoxy) is 1. The summed E-state index contributed by atoms with van der Waals surface area (Å²) < 4.78 is 5.80. The van der Waals surface area contributed by atoms with Crippen LogP contribution in [0.1, 0.15) is 37.0 Å². The molecule has 1 heteroatoms. The maximum Gasteiger partial charge on any atom is 0.0829 e. The van der Waals surface area contributed by atoms with E-state index in [0.717, 1.165) is 0 Å². The third-order valence-electron chi connectivity index (χ3n) is 2.65. The van der Waals surface area contributed by atoms with Crippen molar-refractivity contribution in [3.63, 3.8) is 0 Å². The minimum Gasteiger partial charge on any atom is -0.371 e. The molecule has 1 fully saturated rings. The summed E-state index contributed by atoms with van der Waals surface area (Å²) in [6.45, 7) is 4.28. The molecule has 0 radical (unpaired) electrons. The average molecular weight is 176 g/mol. The first-order chi connectivity index (χ1) is 6.25. The van der Waals surface area contributed by atoms with Crippen LogP contribution in [-0.4, -0.2) is 6.10 Å². The van der Waals surface area contributed by atoms with Gasteiger partial charge in [0.1, 0.15) is 0 Å². The lowest BCUT2D eigenvalue weighted by molar-refractivity contribution is 0.0555. The lowest BCUT2D eigenvalue weighted by Crippen LogP contribution is -2.00. The van der Waals surface area contributed by atoms with Crippen molar-refractivity contribution in [2.75, 3.05) is 0 Å². The molecule has 13 heavy (non-hydrogen) atoms. The molecule has 0 unspecified atom stereocenters. The average Bonchev–Trinajstić information content (AvgIpc) is 2.52. The molecule has 0 N–H and O–H groups in total. The molecule has 1 nitrogen and oxygen atoms in total. The Morgan fingerprint density at radius 1 is 1.31 bits per heavy atom. The number of hydrogen-bond donors (Lipinski definition) is 0. The van der Waals surface area contributed by atoms with Crippen LogP contribution in [0, 0.1) is 6.92 Å². The standard InChI is InChI=1S/C12H16O/c1-9-4-3-5-11(8-9)12-7-6-10(2)13-12/h3-5,8,10,12H,6-7H2,1-2H3/t10-,12-/m0/s1. The van der Waals surface area contributed by atoms with Crippen LogP contribution in [0.3, 0.4) is 0 Å². The summed E-state index contributed by atoms with van der Waals surface area (Å²) in [5.41, 5.74) is 2.66. The van der Waals surface area contributed by atoms with Gasteiger partial charge < -0.3 is 4.74 Å². The van der Waals surface area contributed by atoms with Crippen molar-refractivity contribution in [2.45, 2.75) is 38.9 Å². The molecular formula is C12H16O. The monoisotopic (exact) mass is 176 g/mol. The van der Waals surface area contributed by atoms with E-state index in [1.807, 2.05) is 0 Å². The quantitative estimate of drug-likeness (QED) is 0.638. The van der Waals surface area contributed by atoms with Gasteiger partial charge in [-0.05, 0) is 32.3 Å². The Balaban J connectivity index is 2.16. The molecule has 70 valence electrons. The molecule has 1 aromatic rings. The summed E-state index contributed by atoms with van der Waals surface area (Å²) in [6, 6.07) is 8.62. The Kier molecular flexibility index (Phi) is 2.36. The summed E-state index contributed by atoms with van der Waals surface area (Å²) in [4.78, 5) is 0. The van der Waals surface area contributed by atoms with Gasteiger partial charge in [0.2, 0.25) is 0 Å². The molecule has 0 amide bonds. The lowest BCUT2D eigenvalue weighted by atomic mass is 10.0. The van der Waals surface area contributed by atoms with Crippen molar-refractivity contribution in [3.05, 3.63) is 35.4 Å². The van der Waals surface area contributed by atoms with E-state index in [1.165, 1.54) is 24.0 Å². The van der Waals surface area contributed by atoms with Gasteiger partial charge in [0.05, 0.1) is 12.2 Å². The van der Waals surface area contributed by atoms with E-state index in [2.05, 4.69) is 38.1 Å². The second kappa shape index (κ2) is 3.51. The van der Waals surface area contributed by atoms with Gasteiger partial charge in [-0.2, -0.15) is 0 Å². The molecule has 1 saturated heterocycles. The molecule has 1 heterocycles. The van der Waals surface area contributed by atoms with Gasteiger partial charge in [0.15, 0.2) is 0 Å². The zero-order valence-corrected chi connectivity index (χ0v) is 8.29. The van der Waals surface area contributed by atoms with Crippen LogP contribution >= 0.6 is 0 Å². The summed E-state index contributed by atoms with van der Waals surface area (Å²) in [7, 11) is 0. The van der Waals surface area contributed by atoms with Crippen molar-refractivity contribution in [3.8, 4) is 0 Å². The van der Waals surface area contributed by atoms with Crippen LogP contribution in [0.2, 0.25) is 0 Å². The number of hydrogen-bond acceptors (Lipinski definition) is 1. The highest BCUT2D eigenvalue weighted by atomic mass is 16.5. The first-order valence-electron chi connectivity index (χ1n) is 4.98. The van der Waals surface area contributed by atoms with Gasteiger partial charge in [-0.3, -0.25) is 0 Å². The molecule has 1 aromatic carbocycles. The maximum absolute atomic E-state index is 5.80. The topological polar surface area (TPSA) is 9.23 Å². The number of benzene rings is 1. The normalized spacial score (nSPS) is 27.8. The summed E-state index contributed by atoms with van der Waals surface area (Å²) in [5, 5.41) is 0. The predicted octanol–water partition coefficient (Wildman–Crippen LogP) is 3.24.